The summed E-state index contributed by atoms with van der Waals surface area (Å²) in [6, 6.07) is 7.17. The summed E-state index contributed by atoms with van der Waals surface area (Å²) in [5.41, 5.74) is 6.53. The number of fused-ring (bicyclic) bond motifs is 1. The van der Waals surface area contributed by atoms with Crippen LogP contribution >= 0.6 is 0 Å². The van der Waals surface area contributed by atoms with E-state index in [4.69, 9.17) is 10.2 Å². The Morgan fingerprint density at radius 2 is 2.27 bits per heavy atom. The maximum absolute atomic E-state index is 10.8. The van der Waals surface area contributed by atoms with Gasteiger partial charge in [0.05, 0.1) is 0 Å². The predicted molar refractivity (Wildman–Crippen MR) is 56.3 cm³/mol. The molecule has 2 rings (SSSR count). The summed E-state index contributed by atoms with van der Waals surface area (Å²) in [4.78, 5) is 15.0. The molecule has 0 saturated carbocycles. The molecule has 5 nitrogen and oxygen atoms in total. The molecule has 1 amide bonds. The molecule has 2 aromatic rings. The fourth-order valence-electron chi connectivity index (χ4n) is 1.19. The number of aromatic nitrogens is 1. The van der Waals surface area contributed by atoms with Gasteiger partial charge < -0.3 is 15.5 Å². The summed E-state index contributed by atoms with van der Waals surface area (Å²) in [6.45, 7) is 1.65. The molecule has 0 radical (unpaired) electrons. The molecule has 0 aliphatic heterocycles. The summed E-state index contributed by atoms with van der Waals surface area (Å²) >= 11 is 0. The van der Waals surface area contributed by atoms with Gasteiger partial charge in [-0.15, -0.1) is 0 Å². The van der Waals surface area contributed by atoms with E-state index in [9.17, 15) is 4.79 Å². The predicted octanol–water partition coefficient (Wildman–Crippen LogP) is 1.11. The highest BCUT2D eigenvalue weighted by molar-refractivity contribution is 5.82. The van der Waals surface area contributed by atoms with Crippen LogP contribution in [0.25, 0.3) is 11.1 Å². The van der Waals surface area contributed by atoms with Crippen molar-refractivity contribution in [1.82, 2.24) is 4.98 Å². The second kappa shape index (κ2) is 3.61. The average Bonchev–Trinajstić information content (AvgIpc) is 2.59. The summed E-state index contributed by atoms with van der Waals surface area (Å²) in [6.07, 6.45) is 0. The van der Waals surface area contributed by atoms with Gasteiger partial charge in [-0.25, -0.2) is 0 Å². The number of nitrogens with zero attached hydrogens (tertiary/aromatic N) is 1. The lowest BCUT2D eigenvalue weighted by atomic mass is 10.3. The lowest BCUT2D eigenvalue weighted by Gasteiger charge is -2.05. The summed E-state index contributed by atoms with van der Waals surface area (Å²) in [5, 5.41) is 2.78. The van der Waals surface area contributed by atoms with Crippen LogP contribution in [0.15, 0.2) is 28.7 Å². The van der Waals surface area contributed by atoms with Crippen molar-refractivity contribution >= 4 is 23.0 Å². The van der Waals surface area contributed by atoms with E-state index in [0.29, 0.717) is 11.6 Å². The number of nitrogens with one attached hydrogen (secondary N) is 1. The van der Waals surface area contributed by atoms with Crippen LogP contribution in [0, 0.1) is 0 Å². The number of benzene rings is 1. The highest BCUT2D eigenvalue weighted by atomic mass is 16.4. The maximum atomic E-state index is 10.8. The zero-order valence-corrected chi connectivity index (χ0v) is 8.23. The topological polar surface area (TPSA) is 81.2 Å². The second-order valence-electron chi connectivity index (χ2n) is 3.26. The number of amides is 1. The van der Waals surface area contributed by atoms with Crippen molar-refractivity contribution < 1.29 is 9.21 Å². The van der Waals surface area contributed by atoms with Crippen molar-refractivity contribution in [3.8, 4) is 0 Å². The molecule has 0 bridgehead atoms. The zero-order chi connectivity index (χ0) is 10.8. The number of para-hydroxylation sites is 2. The Kier molecular flexibility index (Phi) is 2.29. The molecule has 0 saturated heterocycles. The quantitative estimate of drug-likeness (QED) is 0.786. The van der Waals surface area contributed by atoms with E-state index in [1.165, 1.54) is 0 Å². The summed E-state index contributed by atoms with van der Waals surface area (Å²) < 4.78 is 5.36. The molecule has 1 aromatic heterocycles. The Bertz CT molecular complexity index is 459. The molecule has 5 heteroatoms. The minimum Gasteiger partial charge on any atom is -0.424 e. The van der Waals surface area contributed by atoms with Crippen molar-refractivity contribution in [3.63, 3.8) is 0 Å². The van der Waals surface area contributed by atoms with E-state index in [0.717, 1.165) is 5.52 Å². The van der Waals surface area contributed by atoms with Crippen LogP contribution in [-0.4, -0.2) is 16.9 Å². The molecular weight excluding hydrogens is 194 g/mol. The minimum absolute atomic E-state index is 0.308. The van der Waals surface area contributed by atoms with Crippen molar-refractivity contribution in [2.24, 2.45) is 5.73 Å². The van der Waals surface area contributed by atoms with E-state index in [2.05, 4.69) is 10.3 Å². The van der Waals surface area contributed by atoms with E-state index >= 15 is 0 Å². The van der Waals surface area contributed by atoms with Gasteiger partial charge in [0.25, 0.3) is 6.01 Å². The van der Waals surface area contributed by atoms with Gasteiger partial charge in [-0.3, -0.25) is 4.79 Å². The van der Waals surface area contributed by atoms with Crippen molar-refractivity contribution in [3.05, 3.63) is 24.3 Å². The number of carbonyl (C=O) groups is 1. The number of anilines is 1. The number of nitrogens with two attached hydrogens (primary N) is 1. The molecule has 78 valence electrons. The number of oxazole rings is 1. The number of carbonyl (C=O) groups excluding carboxylic acids is 1. The third kappa shape index (κ3) is 1.90. The standard InChI is InChI=1S/C10H11N3O2/c1-6(9(11)14)12-10-13-7-4-2-3-5-8(7)15-10/h2-6H,1H3,(H2,11,14)(H,12,13). The van der Waals surface area contributed by atoms with Gasteiger partial charge in [0.1, 0.15) is 11.6 Å². The molecule has 15 heavy (non-hydrogen) atoms. The van der Waals surface area contributed by atoms with Gasteiger partial charge in [-0.2, -0.15) is 4.98 Å². The highest BCUT2D eigenvalue weighted by Crippen LogP contribution is 2.18. The maximum Gasteiger partial charge on any atom is 0.296 e. The Morgan fingerprint density at radius 1 is 1.53 bits per heavy atom. The van der Waals surface area contributed by atoms with Crippen molar-refractivity contribution in [1.29, 1.82) is 0 Å². The highest BCUT2D eigenvalue weighted by Gasteiger charge is 2.11. The lowest BCUT2D eigenvalue weighted by Crippen LogP contribution is -2.32. The summed E-state index contributed by atoms with van der Waals surface area (Å²) in [5.74, 6) is -0.447. The smallest absolute Gasteiger partial charge is 0.296 e. The van der Waals surface area contributed by atoms with Crippen LogP contribution in [-0.2, 0) is 4.79 Å². The first-order valence-corrected chi connectivity index (χ1v) is 4.58. The Hall–Kier alpha value is -2.04. The molecule has 0 spiro atoms. The minimum atomic E-state index is -0.502. The van der Waals surface area contributed by atoms with Gasteiger partial charge >= 0.3 is 0 Å². The number of hydrogen-bond donors (Lipinski definition) is 2. The van der Waals surface area contributed by atoms with Crippen LogP contribution in [0.2, 0.25) is 0 Å². The zero-order valence-electron chi connectivity index (χ0n) is 8.23. The molecule has 1 atom stereocenters. The normalized spacial score (nSPS) is 12.6. The van der Waals surface area contributed by atoms with Gasteiger partial charge in [-0.05, 0) is 19.1 Å². The molecule has 0 aliphatic carbocycles. The third-order valence-corrected chi connectivity index (χ3v) is 2.06. The molecule has 0 fully saturated rings. The molecule has 3 N–H and O–H groups in total. The van der Waals surface area contributed by atoms with Crippen LogP contribution in [0.4, 0.5) is 6.01 Å². The molecule has 1 heterocycles. The van der Waals surface area contributed by atoms with E-state index in [1.54, 1.807) is 6.92 Å². The van der Waals surface area contributed by atoms with E-state index in [-0.39, 0.29) is 0 Å². The Labute approximate surface area is 86.3 Å². The number of rotatable bonds is 3. The third-order valence-electron chi connectivity index (χ3n) is 2.06. The number of hydrogen-bond acceptors (Lipinski definition) is 4. The first-order valence-electron chi connectivity index (χ1n) is 4.58. The van der Waals surface area contributed by atoms with E-state index < -0.39 is 11.9 Å². The van der Waals surface area contributed by atoms with Gasteiger partial charge in [0, 0.05) is 0 Å². The van der Waals surface area contributed by atoms with Gasteiger partial charge in [0.2, 0.25) is 5.91 Å². The first kappa shape index (κ1) is 9.51. The van der Waals surface area contributed by atoms with Crippen LogP contribution in [0.3, 0.4) is 0 Å². The first-order chi connectivity index (χ1) is 7.16. The largest absolute Gasteiger partial charge is 0.424 e. The van der Waals surface area contributed by atoms with Gasteiger partial charge in [0.15, 0.2) is 5.58 Å². The monoisotopic (exact) mass is 205 g/mol. The van der Waals surface area contributed by atoms with Crippen LogP contribution in [0.1, 0.15) is 6.92 Å². The van der Waals surface area contributed by atoms with Crippen LogP contribution in [0.5, 0.6) is 0 Å². The number of primary amides is 1. The van der Waals surface area contributed by atoms with Crippen molar-refractivity contribution in [2.45, 2.75) is 13.0 Å². The average molecular weight is 205 g/mol. The molecule has 0 aliphatic rings. The molecule has 1 unspecified atom stereocenters. The fraction of sp³-hybridized carbons (Fsp3) is 0.200. The van der Waals surface area contributed by atoms with Gasteiger partial charge in [-0.1, -0.05) is 12.1 Å². The Balaban J connectivity index is 2.26. The lowest BCUT2D eigenvalue weighted by molar-refractivity contribution is -0.118. The van der Waals surface area contributed by atoms with E-state index in [1.807, 2.05) is 24.3 Å². The summed E-state index contributed by atoms with van der Waals surface area (Å²) in [7, 11) is 0. The molecule has 1 aromatic carbocycles. The van der Waals surface area contributed by atoms with Crippen molar-refractivity contribution in [2.75, 3.05) is 5.32 Å². The second-order valence-corrected chi connectivity index (χ2v) is 3.26. The molecular formula is C10H11N3O2. The fourth-order valence-corrected chi connectivity index (χ4v) is 1.19. The SMILES string of the molecule is CC(Nc1nc2ccccc2o1)C(N)=O. The van der Waals surface area contributed by atoms with Crippen LogP contribution < -0.4 is 11.1 Å². The Morgan fingerprint density at radius 3 is 2.93 bits per heavy atom.